The Bertz CT molecular complexity index is 475. The van der Waals surface area contributed by atoms with Crippen LogP contribution >= 0.6 is 15.9 Å². The molecule has 6 nitrogen and oxygen atoms in total. The van der Waals surface area contributed by atoms with Gasteiger partial charge in [0.1, 0.15) is 0 Å². The number of primary amides is 1. The summed E-state index contributed by atoms with van der Waals surface area (Å²) in [4.78, 5) is 26.9. The molecule has 2 N–H and O–H groups in total. The summed E-state index contributed by atoms with van der Waals surface area (Å²) in [5.74, 6) is -0.390. The molecule has 2 rings (SSSR count). The van der Waals surface area contributed by atoms with Gasteiger partial charge in [-0.05, 0) is 28.4 Å². The Morgan fingerprint density at radius 2 is 2.11 bits per heavy atom. The normalized spacial score (nSPS) is 17.2. The van der Waals surface area contributed by atoms with E-state index in [0.29, 0.717) is 29.9 Å². The highest BCUT2D eigenvalue weighted by Crippen LogP contribution is 2.20. The van der Waals surface area contributed by atoms with Crippen molar-refractivity contribution < 1.29 is 14.0 Å². The number of amides is 2. The standard InChI is InChI=1S/C12H16BrN3O3/c13-11-9(2-7-19-11)12(18)16-4-1-3-15(5-6-16)8-10(14)17/h2,7H,1,3-6,8H2,(H2,14,17). The van der Waals surface area contributed by atoms with Gasteiger partial charge in [0.15, 0.2) is 4.67 Å². The number of hydrogen-bond donors (Lipinski definition) is 1. The van der Waals surface area contributed by atoms with Crippen LogP contribution in [0.4, 0.5) is 0 Å². The lowest BCUT2D eigenvalue weighted by Gasteiger charge is -2.20. The van der Waals surface area contributed by atoms with Crippen molar-refractivity contribution >= 4 is 27.7 Å². The number of carbonyl (C=O) groups is 2. The molecule has 1 saturated heterocycles. The number of nitrogens with two attached hydrogens (primary N) is 1. The molecule has 0 saturated carbocycles. The summed E-state index contributed by atoms with van der Waals surface area (Å²) in [5, 5.41) is 0. The molecular weight excluding hydrogens is 314 g/mol. The van der Waals surface area contributed by atoms with Gasteiger partial charge in [-0.15, -0.1) is 0 Å². The molecular formula is C12H16BrN3O3. The highest BCUT2D eigenvalue weighted by Gasteiger charge is 2.23. The van der Waals surface area contributed by atoms with Gasteiger partial charge in [0, 0.05) is 26.2 Å². The smallest absolute Gasteiger partial charge is 0.258 e. The number of halogens is 1. The molecule has 1 aliphatic rings. The Labute approximate surface area is 119 Å². The zero-order valence-corrected chi connectivity index (χ0v) is 12.1. The summed E-state index contributed by atoms with van der Waals surface area (Å²) in [6, 6.07) is 1.65. The van der Waals surface area contributed by atoms with Crippen LogP contribution in [-0.2, 0) is 4.79 Å². The average Bonchev–Trinajstić information content (AvgIpc) is 2.64. The van der Waals surface area contributed by atoms with Crippen LogP contribution in [0.2, 0.25) is 0 Å². The predicted octanol–water partition coefficient (Wildman–Crippen LogP) is 0.675. The number of carbonyl (C=O) groups excluding carboxylic acids is 2. The molecule has 7 heteroatoms. The topological polar surface area (TPSA) is 79.8 Å². The first-order valence-corrected chi connectivity index (χ1v) is 6.90. The van der Waals surface area contributed by atoms with Crippen molar-refractivity contribution in [3.8, 4) is 0 Å². The van der Waals surface area contributed by atoms with Gasteiger partial charge in [-0.2, -0.15) is 0 Å². The van der Waals surface area contributed by atoms with E-state index in [1.165, 1.54) is 6.26 Å². The van der Waals surface area contributed by atoms with Crippen LogP contribution in [0.3, 0.4) is 0 Å². The summed E-state index contributed by atoms with van der Waals surface area (Å²) < 4.78 is 5.53. The molecule has 0 spiro atoms. The van der Waals surface area contributed by atoms with Crippen molar-refractivity contribution in [1.82, 2.24) is 9.80 Å². The molecule has 0 aliphatic carbocycles. The minimum Gasteiger partial charge on any atom is -0.457 e. The number of nitrogens with zero attached hydrogens (tertiary/aromatic N) is 2. The summed E-state index contributed by atoms with van der Waals surface area (Å²) in [6.07, 6.45) is 2.31. The fourth-order valence-corrected chi connectivity index (χ4v) is 2.58. The van der Waals surface area contributed by atoms with Crippen LogP contribution < -0.4 is 5.73 Å². The van der Waals surface area contributed by atoms with E-state index in [1.54, 1.807) is 11.0 Å². The van der Waals surface area contributed by atoms with Gasteiger partial charge in [0.2, 0.25) is 5.91 Å². The molecule has 0 bridgehead atoms. The molecule has 0 radical (unpaired) electrons. The molecule has 2 amide bonds. The van der Waals surface area contributed by atoms with Gasteiger partial charge in [-0.1, -0.05) is 0 Å². The molecule has 1 fully saturated rings. The fraction of sp³-hybridized carbons (Fsp3) is 0.500. The lowest BCUT2D eigenvalue weighted by atomic mass is 10.3. The lowest BCUT2D eigenvalue weighted by molar-refractivity contribution is -0.119. The second-order valence-electron chi connectivity index (χ2n) is 4.50. The Hall–Kier alpha value is -1.34. The third kappa shape index (κ3) is 3.57. The molecule has 104 valence electrons. The monoisotopic (exact) mass is 329 g/mol. The van der Waals surface area contributed by atoms with E-state index >= 15 is 0 Å². The van der Waals surface area contributed by atoms with Crippen LogP contribution in [0.25, 0.3) is 0 Å². The fourth-order valence-electron chi connectivity index (χ4n) is 2.17. The zero-order chi connectivity index (χ0) is 13.8. The minimum atomic E-state index is -0.336. The van der Waals surface area contributed by atoms with E-state index < -0.39 is 0 Å². The van der Waals surface area contributed by atoms with Crippen molar-refractivity contribution in [3.63, 3.8) is 0 Å². The van der Waals surface area contributed by atoms with Crippen LogP contribution in [0, 0.1) is 0 Å². The largest absolute Gasteiger partial charge is 0.457 e. The number of hydrogen-bond acceptors (Lipinski definition) is 4. The summed E-state index contributed by atoms with van der Waals surface area (Å²) in [5.41, 5.74) is 5.72. The minimum absolute atomic E-state index is 0.0541. The van der Waals surface area contributed by atoms with Gasteiger partial charge in [-0.3, -0.25) is 14.5 Å². The average molecular weight is 330 g/mol. The lowest BCUT2D eigenvalue weighted by Crippen LogP contribution is -2.38. The summed E-state index contributed by atoms with van der Waals surface area (Å²) >= 11 is 3.21. The maximum atomic E-state index is 12.3. The quantitative estimate of drug-likeness (QED) is 0.884. The van der Waals surface area contributed by atoms with E-state index in [0.717, 1.165) is 13.0 Å². The van der Waals surface area contributed by atoms with Gasteiger partial charge in [0.25, 0.3) is 5.91 Å². The Kier molecular flexibility index (Phi) is 4.60. The first-order chi connectivity index (χ1) is 9.08. The molecule has 0 atom stereocenters. The zero-order valence-electron chi connectivity index (χ0n) is 10.5. The van der Waals surface area contributed by atoms with E-state index in [4.69, 9.17) is 10.2 Å². The second-order valence-corrected chi connectivity index (χ2v) is 5.22. The molecule has 19 heavy (non-hydrogen) atoms. The van der Waals surface area contributed by atoms with Crippen molar-refractivity contribution in [2.75, 3.05) is 32.7 Å². The van der Waals surface area contributed by atoms with Crippen molar-refractivity contribution in [1.29, 1.82) is 0 Å². The van der Waals surface area contributed by atoms with Crippen LogP contribution in [0.15, 0.2) is 21.4 Å². The molecule has 1 aliphatic heterocycles. The maximum absolute atomic E-state index is 12.3. The third-order valence-corrected chi connectivity index (χ3v) is 3.72. The Morgan fingerprint density at radius 1 is 1.32 bits per heavy atom. The van der Waals surface area contributed by atoms with Gasteiger partial charge in [0.05, 0.1) is 18.4 Å². The van der Waals surface area contributed by atoms with Crippen molar-refractivity contribution in [3.05, 3.63) is 22.6 Å². The van der Waals surface area contributed by atoms with Gasteiger partial charge >= 0.3 is 0 Å². The highest BCUT2D eigenvalue weighted by atomic mass is 79.9. The Morgan fingerprint density at radius 3 is 2.74 bits per heavy atom. The van der Waals surface area contributed by atoms with Crippen molar-refractivity contribution in [2.45, 2.75) is 6.42 Å². The number of furan rings is 1. The van der Waals surface area contributed by atoms with Gasteiger partial charge < -0.3 is 15.1 Å². The van der Waals surface area contributed by atoms with Crippen molar-refractivity contribution in [2.24, 2.45) is 5.73 Å². The molecule has 0 aromatic carbocycles. The van der Waals surface area contributed by atoms with Crippen LogP contribution in [-0.4, -0.2) is 54.3 Å². The van der Waals surface area contributed by atoms with E-state index in [1.807, 2.05) is 4.90 Å². The van der Waals surface area contributed by atoms with Crippen LogP contribution in [0.5, 0.6) is 0 Å². The second kappa shape index (κ2) is 6.21. The van der Waals surface area contributed by atoms with Crippen LogP contribution in [0.1, 0.15) is 16.8 Å². The van der Waals surface area contributed by atoms with E-state index in [2.05, 4.69) is 15.9 Å². The maximum Gasteiger partial charge on any atom is 0.258 e. The van der Waals surface area contributed by atoms with Gasteiger partial charge in [-0.25, -0.2) is 0 Å². The predicted molar refractivity (Wildman–Crippen MR) is 72.6 cm³/mol. The number of rotatable bonds is 3. The van der Waals surface area contributed by atoms with E-state index in [-0.39, 0.29) is 18.4 Å². The molecule has 0 unspecified atom stereocenters. The highest BCUT2D eigenvalue weighted by molar-refractivity contribution is 9.10. The molecule has 1 aromatic rings. The Balaban J connectivity index is 1.97. The summed E-state index contributed by atoms with van der Waals surface area (Å²) in [7, 11) is 0. The first kappa shape index (κ1) is 14.1. The third-order valence-electron chi connectivity index (χ3n) is 3.10. The SMILES string of the molecule is NC(=O)CN1CCCN(C(=O)c2ccoc2Br)CC1. The summed E-state index contributed by atoms with van der Waals surface area (Å²) in [6.45, 7) is 2.94. The first-order valence-electron chi connectivity index (χ1n) is 6.11. The molecule has 2 heterocycles. The van der Waals surface area contributed by atoms with E-state index in [9.17, 15) is 9.59 Å². The molecule has 1 aromatic heterocycles.